The van der Waals surface area contributed by atoms with Crippen LogP contribution in [0.5, 0.6) is 0 Å². The van der Waals surface area contributed by atoms with Crippen LogP contribution in [0.25, 0.3) is 0 Å². The lowest BCUT2D eigenvalue weighted by Crippen LogP contribution is -2.30. The minimum absolute atomic E-state index is 0.127. The molecule has 0 aromatic heterocycles. The van der Waals surface area contributed by atoms with Gasteiger partial charge in [-0.1, -0.05) is 13.8 Å². The van der Waals surface area contributed by atoms with Crippen LogP contribution >= 0.6 is 0 Å². The van der Waals surface area contributed by atoms with Crippen molar-refractivity contribution in [2.75, 3.05) is 18.5 Å². The molecule has 1 heterocycles. The van der Waals surface area contributed by atoms with Crippen LogP contribution in [0.4, 0.5) is 5.69 Å². The van der Waals surface area contributed by atoms with E-state index >= 15 is 0 Å². The van der Waals surface area contributed by atoms with E-state index in [1.54, 1.807) is 0 Å². The lowest BCUT2D eigenvalue weighted by atomic mass is 9.93. The van der Waals surface area contributed by atoms with E-state index in [0.29, 0.717) is 0 Å². The molecule has 0 aliphatic carbocycles. The number of nitrogens with one attached hydrogen (secondary N) is 1. The summed E-state index contributed by atoms with van der Waals surface area (Å²) < 4.78 is 0. The van der Waals surface area contributed by atoms with Crippen LogP contribution in [-0.4, -0.2) is 23.9 Å². The predicted octanol–water partition coefficient (Wildman–Crippen LogP) is 2.15. The number of carbonyl (C=O) groups excluding carboxylic acids is 1. The van der Waals surface area contributed by atoms with Gasteiger partial charge in [0.2, 0.25) is 0 Å². The van der Waals surface area contributed by atoms with Gasteiger partial charge in [-0.25, -0.2) is 0 Å². The Balaban J connectivity index is 2.19. The molecular formula is C14H21N3O. The van der Waals surface area contributed by atoms with Crippen molar-refractivity contribution in [3.8, 4) is 0 Å². The highest BCUT2D eigenvalue weighted by molar-refractivity contribution is 5.96. The number of benzene rings is 1. The Morgan fingerprint density at radius 2 is 2.17 bits per heavy atom. The Morgan fingerprint density at radius 3 is 2.67 bits per heavy atom. The molecule has 0 bridgehead atoms. The molecule has 1 amide bonds. The summed E-state index contributed by atoms with van der Waals surface area (Å²) in [5.41, 5.74) is 5.38. The molecule has 1 fully saturated rings. The molecule has 18 heavy (non-hydrogen) atoms. The Hall–Kier alpha value is -1.55. The Bertz CT molecular complexity index is 468. The summed E-state index contributed by atoms with van der Waals surface area (Å²) in [6, 6.07) is 5.58. The third-order valence-corrected chi connectivity index (χ3v) is 3.59. The molecule has 98 valence electrons. The van der Waals surface area contributed by atoms with Crippen LogP contribution in [0.15, 0.2) is 18.2 Å². The fourth-order valence-corrected chi connectivity index (χ4v) is 2.45. The van der Waals surface area contributed by atoms with Gasteiger partial charge in [-0.3, -0.25) is 10.6 Å². The molecule has 4 nitrogen and oxygen atoms in total. The van der Waals surface area contributed by atoms with Crippen molar-refractivity contribution in [2.24, 2.45) is 11.3 Å². The van der Waals surface area contributed by atoms with Crippen molar-refractivity contribution >= 4 is 11.6 Å². The van der Waals surface area contributed by atoms with E-state index < -0.39 is 0 Å². The highest BCUT2D eigenvalue weighted by Crippen LogP contribution is 2.30. The number of anilines is 1. The highest BCUT2D eigenvalue weighted by Gasteiger charge is 2.32. The van der Waals surface area contributed by atoms with Gasteiger partial charge in [0, 0.05) is 24.3 Å². The number of amides is 1. The fourth-order valence-electron chi connectivity index (χ4n) is 2.45. The van der Waals surface area contributed by atoms with Crippen molar-refractivity contribution in [3.63, 3.8) is 0 Å². The molecule has 0 unspecified atom stereocenters. The number of nitrogens with zero attached hydrogens (tertiary/aromatic N) is 1. The minimum atomic E-state index is 0.127. The molecule has 0 radical (unpaired) electrons. The second kappa shape index (κ2) is 4.61. The van der Waals surface area contributed by atoms with Gasteiger partial charge in [0.25, 0.3) is 5.91 Å². The SMILES string of the molecule is Cc1cc(NN)ccc1C(=O)N1CCC(C)(C)C1. The Morgan fingerprint density at radius 1 is 1.44 bits per heavy atom. The quantitative estimate of drug-likeness (QED) is 0.622. The average Bonchev–Trinajstić information content (AvgIpc) is 2.68. The van der Waals surface area contributed by atoms with Gasteiger partial charge in [-0.2, -0.15) is 0 Å². The number of hydrogen-bond acceptors (Lipinski definition) is 3. The van der Waals surface area contributed by atoms with Crippen LogP contribution in [0, 0.1) is 12.3 Å². The number of carbonyl (C=O) groups is 1. The highest BCUT2D eigenvalue weighted by atomic mass is 16.2. The first-order valence-electron chi connectivity index (χ1n) is 6.29. The summed E-state index contributed by atoms with van der Waals surface area (Å²) in [7, 11) is 0. The number of nitrogen functional groups attached to an aromatic ring is 1. The van der Waals surface area contributed by atoms with Gasteiger partial charge in [0.15, 0.2) is 0 Å². The molecule has 1 aliphatic rings. The molecule has 1 aliphatic heterocycles. The van der Waals surface area contributed by atoms with E-state index in [9.17, 15) is 4.79 Å². The molecule has 0 spiro atoms. The number of hydrogen-bond donors (Lipinski definition) is 2. The van der Waals surface area contributed by atoms with Crippen molar-refractivity contribution in [2.45, 2.75) is 27.2 Å². The standard InChI is InChI=1S/C14H21N3O/c1-10-8-11(16-15)4-5-12(10)13(18)17-7-6-14(2,3)9-17/h4-5,8,16H,6-7,9,15H2,1-3H3. The third kappa shape index (κ3) is 2.48. The molecule has 3 N–H and O–H groups in total. The van der Waals surface area contributed by atoms with Gasteiger partial charge >= 0.3 is 0 Å². The van der Waals surface area contributed by atoms with Gasteiger partial charge < -0.3 is 10.3 Å². The van der Waals surface area contributed by atoms with E-state index in [4.69, 9.17) is 5.84 Å². The van der Waals surface area contributed by atoms with Gasteiger partial charge in [0.1, 0.15) is 0 Å². The maximum atomic E-state index is 12.4. The maximum Gasteiger partial charge on any atom is 0.254 e. The second-order valence-corrected chi connectivity index (χ2v) is 5.81. The first kappa shape index (κ1) is 12.9. The van der Waals surface area contributed by atoms with E-state index in [0.717, 1.165) is 36.3 Å². The summed E-state index contributed by atoms with van der Waals surface area (Å²) in [4.78, 5) is 14.4. The smallest absolute Gasteiger partial charge is 0.254 e. The van der Waals surface area contributed by atoms with Crippen molar-refractivity contribution in [3.05, 3.63) is 29.3 Å². The summed E-state index contributed by atoms with van der Waals surface area (Å²) in [6.07, 6.45) is 1.07. The molecule has 4 heteroatoms. The van der Waals surface area contributed by atoms with Crippen LogP contribution < -0.4 is 11.3 Å². The van der Waals surface area contributed by atoms with Crippen LogP contribution in [0.2, 0.25) is 0 Å². The molecule has 2 rings (SSSR count). The number of likely N-dealkylation sites (tertiary alicyclic amines) is 1. The van der Waals surface area contributed by atoms with Gasteiger partial charge in [0.05, 0.1) is 0 Å². The molecule has 1 aromatic carbocycles. The maximum absolute atomic E-state index is 12.4. The monoisotopic (exact) mass is 247 g/mol. The zero-order valence-electron chi connectivity index (χ0n) is 11.3. The van der Waals surface area contributed by atoms with E-state index in [-0.39, 0.29) is 11.3 Å². The van der Waals surface area contributed by atoms with Crippen LogP contribution in [-0.2, 0) is 0 Å². The second-order valence-electron chi connectivity index (χ2n) is 5.81. The number of hydrazine groups is 1. The van der Waals surface area contributed by atoms with Gasteiger partial charge in [-0.05, 0) is 42.5 Å². The summed E-state index contributed by atoms with van der Waals surface area (Å²) in [5, 5.41) is 0. The van der Waals surface area contributed by atoms with E-state index in [2.05, 4.69) is 19.3 Å². The first-order valence-corrected chi connectivity index (χ1v) is 6.29. The van der Waals surface area contributed by atoms with E-state index in [1.807, 2.05) is 30.0 Å². The lowest BCUT2D eigenvalue weighted by Gasteiger charge is -2.20. The normalized spacial score (nSPS) is 17.9. The van der Waals surface area contributed by atoms with Crippen molar-refractivity contribution in [1.29, 1.82) is 0 Å². The molecular weight excluding hydrogens is 226 g/mol. The zero-order valence-corrected chi connectivity index (χ0v) is 11.3. The predicted molar refractivity (Wildman–Crippen MR) is 73.3 cm³/mol. The van der Waals surface area contributed by atoms with Crippen molar-refractivity contribution in [1.82, 2.24) is 4.90 Å². The van der Waals surface area contributed by atoms with E-state index in [1.165, 1.54) is 0 Å². The zero-order chi connectivity index (χ0) is 13.3. The third-order valence-electron chi connectivity index (χ3n) is 3.59. The topological polar surface area (TPSA) is 58.4 Å². The first-order chi connectivity index (χ1) is 8.43. The Kier molecular flexibility index (Phi) is 3.30. The largest absolute Gasteiger partial charge is 0.338 e. The number of aryl methyl sites for hydroxylation is 1. The molecule has 0 atom stereocenters. The molecule has 1 aromatic rings. The summed E-state index contributed by atoms with van der Waals surface area (Å²) >= 11 is 0. The minimum Gasteiger partial charge on any atom is -0.338 e. The van der Waals surface area contributed by atoms with Crippen LogP contribution in [0.3, 0.4) is 0 Å². The number of nitrogens with two attached hydrogens (primary N) is 1. The Labute approximate surface area is 108 Å². The van der Waals surface area contributed by atoms with Crippen molar-refractivity contribution < 1.29 is 4.79 Å². The van der Waals surface area contributed by atoms with Crippen LogP contribution in [0.1, 0.15) is 36.2 Å². The lowest BCUT2D eigenvalue weighted by molar-refractivity contribution is 0.0777. The molecule has 0 saturated carbocycles. The summed E-state index contributed by atoms with van der Waals surface area (Å²) in [6.45, 7) is 8.03. The molecule has 1 saturated heterocycles. The average molecular weight is 247 g/mol. The number of rotatable bonds is 2. The van der Waals surface area contributed by atoms with Gasteiger partial charge in [-0.15, -0.1) is 0 Å². The summed E-state index contributed by atoms with van der Waals surface area (Å²) in [5.74, 6) is 5.48. The fraction of sp³-hybridized carbons (Fsp3) is 0.500.